The Labute approximate surface area is 94.9 Å². The lowest BCUT2D eigenvalue weighted by Gasteiger charge is -2.10. The average molecular weight is 226 g/mol. The first-order chi connectivity index (χ1) is 7.24. The molecule has 0 aliphatic rings. The number of hydrogen-bond donors (Lipinski definition) is 2. The van der Waals surface area contributed by atoms with Crippen molar-refractivity contribution in [2.24, 2.45) is 0 Å². The van der Waals surface area contributed by atoms with Gasteiger partial charge in [0.15, 0.2) is 5.11 Å². The van der Waals surface area contributed by atoms with E-state index in [-0.39, 0.29) is 5.82 Å². The average Bonchev–Trinajstić information content (AvgIpc) is 2.22. The second-order valence-electron chi connectivity index (χ2n) is 3.21. The molecule has 0 saturated carbocycles. The van der Waals surface area contributed by atoms with E-state index in [2.05, 4.69) is 17.6 Å². The van der Waals surface area contributed by atoms with E-state index < -0.39 is 0 Å². The highest BCUT2D eigenvalue weighted by atomic mass is 32.1. The van der Waals surface area contributed by atoms with Crippen molar-refractivity contribution < 1.29 is 4.39 Å². The Hall–Kier alpha value is -1.16. The molecule has 0 bridgehead atoms. The van der Waals surface area contributed by atoms with Crippen molar-refractivity contribution in [2.75, 3.05) is 11.9 Å². The molecule has 1 aromatic rings. The lowest BCUT2D eigenvalue weighted by Crippen LogP contribution is -2.29. The zero-order valence-electron chi connectivity index (χ0n) is 8.72. The minimum Gasteiger partial charge on any atom is -0.362 e. The van der Waals surface area contributed by atoms with Crippen LogP contribution in [0.3, 0.4) is 0 Å². The summed E-state index contributed by atoms with van der Waals surface area (Å²) < 4.78 is 13.2. The molecule has 4 heteroatoms. The molecule has 82 valence electrons. The summed E-state index contributed by atoms with van der Waals surface area (Å²) in [7, 11) is 0. The van der Waals surface area contributed by atoms with E-state index in [1.54, 1.807) is 18.2 Å². The second-order valence-corrected chi connectivity index (χ2v) is 3.62. The molecule has 0 unspecified atom stereocenters. The minimum absolute atomic E-state index is 0.294. The van der Waals surface area contributed by atoms with Crippen LogP contribution in [-0.2, 0) is 0 Å². The van der Waals surface area contributed by atoms with Gasteiger partial charge in [-0.25, -0.2) is 4.39 Å². The molecule has 0 heterocycles. The zero-order valence-corrected chi connectivity index (χ0v) is 9.53. The minimum atomic E-state index is -0.294. The highest BCUT2D eigenvalue weighted by molar-refractivity contribution is 7.80. The van der Waals surface area contributed by atoms with Gasteiger partial charge in [-0.2, -0.15) is 0 Å². The van der Waals surface area contributed by atoms with Crippen molar-refractivity contribution in [3.63, 3.8) is 0 Å². The Morgan fingerprint density at radius 2 is 2.13 bits per heavy atom. The highest BCUT2D eigenvalue weighted by Gasteiger charge is 2.01. The molecule has 2 nitrogen and oxygen atoms in total. The number of thiocarbonyl (C=S) groups is 1. The molecule has 0 amide bonds. The van der Waals surface area contributed by atoms with Crippen LogP contribution in [0, 0.1) is 5.82 Å². The molecule has 0 atom stereocenters. The van der Waals surface area contributed by atoms with Gasteiger partial charge >= 0.3 is 0 Å². The van der Waals surface area contributed by atoms with Gasteiger partial charge < -0.3 is 10.6 Å². The summed E-state index contributed by atoms with van der Waals surface area (Å²) in [4.78, 5) is 0. The van der Waals surface area contributed by atoms with Crippen LogP contribution in [0.25, 0.3) is 0 Å². The Morgan fingerprint density at radius 3 is 2.80 bits per heavy atom. The topological polar surface area (TPSA) is 24.1 Å². The molecule has 0 spiro atoms. The zero-order chi connectivity index (χ0) is 11.1. The maximum atomic E-state index is 13.2. The van der Waals surface area contributed by atoms with Crippen LogP contribution in [-0.4, -0.2) is 11.7 Å². The molecule has 0 saturated heterocycles. The second kappa shape index (κ2) is 6.35. The summed E-state index contributed by atoms with van der Waals surface area (Å²) in [6.07, 6.45) is 2.16. The summed E-state index contributed by atoms with van der Waals surface area (Å²) in [6, 6.07) is 6.47. The van der Waals surface area contributed by atoms with Crippen LogP contribution in [0.4, 0.5) is 10.1 Å². The van der Waals surface area contributed by atoms with Gasteiger partial charge in [0.25, 0.3) is 0 Å². The lowest BCUT2D eigenvalue weighted by atomic mass is 10.3. The van der Waals surface area contributed by atoms with Gasteiger partial charge in [0.1, 0.15) is 5.82 Å². The molecular weight excluding hydrogens is 211 g/mol. The van der Waals surface area contributed by atoms with E-state index in [4.69, 9.17) is 12.2 Å². The normalized spacial score (nSPS) is 9.73. The van der Waals surface area contributed by atoms with E-state index in [1.807, 2.05) is 0 Å². The predicted octanol–water partition coefficient (Wildman–Crippen LogP) is 2.91. The third-order valence-corrected chi connectivity index (χ3v) is 2.18. The van der Waals surface area contributed by atoms with E-state index in [0.29, 0.717) is 10.8 Å². The van der Waals surface area contributed by atoms with Gasteiger partial charge in [-0.05, 0) is 30.8 Å². The fourth-order valence-electron chi connectivity index (χ4n) is 1.11. The monoisotopic (exact) mass is 226 g/mol. The molecule has 0 aliphatic heterocycles. The number of rotatable bonds is 4. The van der Waals surface area contributed by atoms with Crippen LogP contribution in [0.1, 0.15) is 19.8 Å². The van der Waals surface area contributed by atoms with Crippen molar-refractivity contribution in [3.8, 4) is 0 Å². The smallest absolute Gasteiger partial charge is 0.170 e. The number of para-hydroxylation sites is 1. The number of halogens is 1. The number of benzene rings is 1. The van der Waals surface area contributed by atoms with Crippen LogP contribution in [0.2, 0.25) is 0 Å². The molecule has 15 heavy (non-hydrogen) atoms. The van der Waals surface area contributed by atoms with E-state index in [0.717, 1.165) is 19.4 Å². The van der Waals surface area contributed by atoms with Crippen molar-refractivity contribution in [2.45, 2.75) is 19.8 Å². The fraction of sp³-hybridized carbons (Fsp3) is 0.364. The maximum absolute atomic E-state index is 13.2. The summed E-state index contributed by atoms with van der Waals surface area (Å²) >= 11 is 5.02. The Morgan fingerprint density at radius 1 is 1.40 bits per heavy atom. The lowest BCUT2D eigenvalue weighted by molar-refractivity contribution is 0.632. The molecule has 0 aliphatic carbocycles. The molecule has 1 aromatic carbocycles. The number of anilines is 1. The van der Waals surface area contributed by atoms with Gasteiger partial charge in [-0.15, -0.1) is 0 Å². The van der Waals surface area contributed by atoms with Crippen molar-refractivity contribution in [1.82, 2.24) is 5.32 Å². The Bertz CT molecular complexity index is 328. The summed E-state index contributed by atoms with van der Waals surface area (Å²) in [5.41, 5.74) is 0.409. The van der Waals surface area contributed by atoms with Crippen LogP contribution in [0.5, 0.6) is 0 Å². The number of nitrogens with one attached hydrogen (secondary N) is 2. The van der Waals surface area contributed by atoms with E-state index in [9.17, 15) is 4.39 Å². The maximum Gasteiger partial charge on any atom is 0.170 e. The van der Waals surface area contributed by atoms with Crippen molar-refractivity contribution in [3.05, 3.63) is 30.1 Å². The largest absolute Gasteiger partial charge is 0.362 e. The van der Waals surface area contributed by atoms with Crippen LogP contribution < -0.4 is 10.6 Å². The predicted molar refractivity (Wildman–Crippen MR) is 65.5 cm³/mol. The molecule has 2 N–H and O–H groups in total. The van der Waals surface area contributed by atoms with Gasteiger partial charge in [0.2, 0.25) is 0 Å². The van der Waals surface area contributed by atoms with Crippen molar-refractivity contribution >= 4 is 23.0 Å². The third-order valence-electron chi connectivity index (χ3n) is 1.94. The van der Waals surface area contributed by atoms with Crippen molar-refractivity contribution in [1.29, 1.82) is 0 Å². The van der Waals surface area contributed by atoms with Gasteiger partial charge in [0, 0.05) is 6.54 Å². The summed E-state index contributed by atoms with van der Waals surface area (Å²) in [5.74, 6) is -0.294. The number of hydrogen-bond acceptors (Lipinski definition) is 1. The van der Waals surface area contributed by atoms with Gasteiger partial charge in [0.05, 0.1) is 5.69 Å². The van der Waals surface area contributed by atoms with E-state index >= 15 is 0 Å². The third kappa shape index (κ3) is 4.25. The first-order valence-corrected chi connectivity index (χ1v) is 5.44. The molecule has 0 aromatic heterocycles. The quantitative estimate of drug-likeness (QED) is 0.610. The number of unbranched alkanes of at least 4 members (excludes halogenated alkanes) is 1. The SMILES string of the molecule is CCCCNC(=S)Nc1ccccc1F. The summed E-state index contributed by atoms with van der Waals surface area (Å²) in [6.45, 7) is 2.92. The Kier molecular flexibility index (Phi) is 5.04. The molecular formula is C11H15FN2S. The first-order valence-electron chi connectivity index (χ1n) is 5.03. The van der Waals surface area contributed by atoms with Crippen LogP contribution in [0.15, 0.2) is 24.3 Å². The first kappa shape index (κ1) is 11.9. The fourth-order valence-corrected chi connectivity index (χ4v) is 1.32. The standard InChI is InChI=1S/C11H15FN2S/c1-2-3-8-13-11(15)14-10-7-5-4-6-9(10)12/h4-7H,2-3,8H2,1H3,(H2,13,14,15). The summed E-state index contributed by atoms with van der Waals surface area (Å²) in [5, 5.41) is 6.29. The van der Waals surface area contributed by atoms with E-state index in [1.165, 1.54) is 6.07 Å². The van der Waals surface area contributed by atoms with Gasteiger partial charge in [-0.1, -0.05) is 25.5 Å². The molecule has 0 fully saturated rings. The van der Waals surface area contributed by atoms with Gasteiger partial charge in [-0.3, -0.25) is 0 Å². The molecule has 1 rings (SSSR count). The molecule has 0 radical (unpaired) electrons. The Balaban J connectivity index is 2.41. The van der Waals surface area contributed by atoms with Crippen LogP contribution >= 0.6 is 12.2 Å². The highest BCUT2D eigenvalue weighted by Crippen LogP contribution is 2.11.